The van der Waals surface area contributed by atoms with E-state index in [4.69, 9.17) is 0 Å². The molecule has 1 aromatic carbocycles. The first kappa shape index (κ1) is 13.5. The van der Waals surface area contributed by atoms with Gasteiger partial charge in [-0.15, -0.1) is 0 Å². The summed E-state index contributed by atoms with van der Waals surface area (Å²) in [5.41, 5.74) is 1.02. The maximum absolute atomic E-state index is 12.2. The molecule has 1 aliphatic heterocycles. The van der Waals surface area contributed by atoms with Gasteiger partial charge < -0.3 is 5.32 Å². The van der Waals surface area contributed by atoms with Gasteiger partial charge in [0.2, 0.25) is 10.0 Å². The van der Waals surface area contributed by atoms with E-state index in [0.717, 1.165) is 25.1 Å². The zero-order valence-corrected chi connectivity index (χ0v) is 11.5. The summed E-state index contributed by atoms with van der Waals surface area (Å²) in [5.74, 6) is 0.511. The maximum atomic E-state index is 12.2. The van der Waals surface area contributed by atoms with Crippen molar-refractivity contribution in [2.24, 2.45) is 5.92 Å². The van der Waals surface area contributed by atoms with Crippen molar-refractivity contribution in [2.45, 2.75) is 13.0 Å². The fourth-order valence-electron chi connectivity index (χ4n) is 2.22. The van der Waals surface area contributed by atoms with E-state index >= 15 is 0 Å². The molecule has 1 heterocycles. The number of benzene rings is 1. The molecule has 0 bridgehead atoms. The first-order chi connectivity index (χ1) is 8.58. The van der Waals surface area contributed by atoms with Gasteiger partial charge in [0.1, 0.15) is 0 Å². The van der Waals surface area contributed by atoms with E-state index in [2.05, 4.69) is 5.32 Å². The molecular weight excluding hydrogens is 248 g/mol. The Bertz CT molecular complexity index is 467. The fourth-order valence-corrected chi connectivity index (χ4v) is 3.70. The van der Waals surface area contributed by atoms with E-state index < -0.39 is 10.0 Å². The molecule has 5 heteroatoms. The Morgan fingerprint density at radius 2 is 2.06 bits per heavy atom. The summed E-state index contributed by atoms with van der Waals surface area (Å²) in [6, 6.07) is 9.68. The number of hydrogen-bond donors (Lipinski definition) is 1. The molecular formula is C13H20N2O2S. The minimum Gasteiger partial charge on any atom is -0.316 e. The number of sulfonamides is 1. The third kappa shape index (κ3) is 3.54. The largest absolute Gasteiger partial charge is 0.316 e. The molecule has 0 aliphatic carbocycles. The molecule has 1 atom stereocenters. The Kier molecular flexibility index (Phi) is 4.37. The van der Waals surface area contributed by atoms with Crippen molar-refractivity contribution in [3.05, 3.63) is 35.9 Å². The molecule has 100 valence electrons. The Morgan fingerprint density at radius 1 is 1.33 bits per heavy atom. The van der Waals surface area contributed by atoms with Crippen molar-refractivity contribution in [3.8, 4) is 0 Å². The molecule has 0 saturated carbocycles. The van der Waals surface area contributed by atoms with Crippen LogP contribution in [0.4, 0.5) is 0 Å². The highest BCUT2D eigenvalue weighted by Gasteiger charge is 2.25. The lowest BCUT2D eigenvalue weighted by Gasteiger charge is -2.19. The molecule has 1 unspecified atom stereocenters. The van der Waals surface area contributed by atoms with Gasteiger partial charge in [-0.2, -0.15) is 0 Å². The van der Waals surface area contributed by atoms with Crippen LogP contribution in [0.3, 0.4) is 0 Å². The quantitative estimate of drug-likeness (QED) is 0.868. The molecule has 2 rings (SSSR count). The predicted octanol–water partition coefficient (Wildman–Crippen LogP) is 1.06. The number of nitrogens with one attached hydrogen (secondary N) is 1. The Labute approximate surface area is 109 Å². The lowest BCUT2D eigenvalue weighted by molar-refractivity contribution is 0.456. The van der Waals surface area contributed by atoms with Crippen LogP contribution in [0.5, 0.6) is 0 Å². The SMILES string of the molecule is CN(Cc1ccccc1)S(=O)(=O)CC1CCNC1. The normalized spacial score (nSPS) is 20.4. The summed E-state index contributed by atoms with van der Waals surface area (Å²) in [6.45, 7) is 2.20. The number of rotatable bonds is 5. The zero-order valence-electron chi connectivity index (χ0n) is 10.7. The van der Waals surface area contributed by atoms with Crippen molar-refractivity contribution in [1.82, 2.24) is 9.62 Å². The van der Waals surface area contributed by atoms with Gasteiger partial charge in [0.05, 0.1) is 5.75 Å². The van der Waals surface area contributed by atoms with Crippen molar-refractivity contribution < 1.29 is 8.42 Å². The van der Waals surface area contributed by atoms with Crippen molar-refractivity contribution in [3.63, 3.8) is 0 Å². The van der Waals surface area contributed by atoms with Crippen molar-refractivity contribution in [1.29, 1.82) is 0 Å². The van der Waals surface area contributed by atoms with Crippen LogP contribution in [0, 0.1) is 5.92 Å². The van der Waals surface area contributed by atoms with Crippen LogP contribution in [0.2, 0.25) is 0 Å². The van der Waals surface area contributed by atoms with Crippen LogP contribution in [-0.4, -0.2) is 38.6 Å². The van der Waals surface area contributed by atoms with Gasteiger partial charge >= 0.3 is 0 Å². The van der Waals surface area contributed by atoms with E-state index in [1.165, 1.54) is 4.31 Å². The Balaban J connectivity index is 1.96. The van der Waals surface area contributed by atoms with E-state index in [0.29, 0.717) is 6.54 Å². The van der Waals surface area contributed by atoms with Gasteiger partial charge in [0.15, 0.2) is 0 Å². The molecule has 1 aromatic rings. The van der Waals surface area contributed by atoms with Gasteiger partial charge in [0.25, 0.3) is 0 Å². The molecule has 1 aliphatic rings. The lowest BCUT2D eigenvalue weighted by Crippen LogP contribution is -2.32. The van der Waals surface area contributed by atoms with Gasteiger partial charge in [0, 0.05) is 13.6 Å². The number of hydrogen-bond acceptors (Lipinski definition) is 3. The zero-order chi connectivity index (χ0) is 13.0. The first-order valence-corrected chi connectivity index (χ1v) is 7.87. The summed E-state index contributed by atoms with van der Waals surface area (Å²) in [7, 11) is -1.49. The van der Waals surface area contributed by atoms with Crippen LogP contribution >= 0.6 is 0 Å². The summed E-state index contributed by atoms with van der Waals surface area (Å²) in [6.07, 6.45) is 0.957. The Hall–Kier alpha value is -0.910. The third-order valence-corrected chi connectivity index (χ3v) is 5.30. The van der Waals surface area contributed by atoms with Crippen LogP contribution in [0.15, 0.2) is 30.3 Å². The molecule has 0 spiro atoms. The molecule has 0 amide bonds. The van der Waals surface area contributed by atoms with E-state index in [1.807, 2.05) is 30.3 Å². The summed E-state index contributed by atoms with van der Waals surface area (Å²) in [4.78, 5) is 0. The molecule has 1 N–H and O–H groups in total. The number of nitrogens with zero attached hydrogens (tertiary/aromatic N) is 1. The highest BCUT2D eigenvalue weighted by atomic mass is 32.2. The van der Waals surface area contributed by atoms with Crippen LogP contribution in [0.25, 0.3) is 0 Å². The van der Waals surface area contributed by atoms with Crippen LogP contribution < -0.4 is 5.32 Å². The predicted molar refractivity (Wildman–Crippen MR) is 72.7 cm³/mol. The lowest BCUT2D eigenvalue weighted by atomic mass is 10.2. The minimum absolute atomic E-state index is 0.253. The third-order valence-electron chi connectivity index (χ3n) is 3.33. The maximum Gasteiger partial charge on any atom is 0.214 e. The second-order valence-electron chi connectivity index (χ2n) is 4.88. The standard InChI is InChI=1S/C13H20N2O2S/c1-15(10-12-5-3-2-4-6-12)18(16,17)11-13-7-8-14-9-13/h2-6,13-14H,7-11H2,1H3. The molecule has 1 saturated heterocycles. The van der Waals surface area contributed by atoms with Gasteiger partial charge in [-0.05, 0) is 31.0 Å². The molecule has 1 fully saturated rings. The second-order valence-corrected chi connectivity index (χ2v) is 7.00. The highest BCUT2D eigenvalue weighted by Crippen LogP contribution is 2.14. The topological polar surface area (TPSA) is 49.4 Å². The average molecular weight is 268 g/mol. The van der Waals surface area contributed by atoms with Crippen molar-refractivity contribution >= 4 is 10.0 Å². The van der Waals surface area contributed by atoms with E-state index in [-0.39, 0.29) is 11.7 Å². The van der Waals surface area contributed by atoms with Gasteiger partial charge in [-0.25, -0.2) is 12.7 Å². The van der Waals surface area contributed by atoms with Crippen LogP contribution in [-0.2, 0) is 16.6 Å². The van der Waals surface area contributed by atoms with Gasteiger partial charge in [-0.1, -0.05) is 30.3 Å². The summed E-state index contributed by atoms with van der Waals surface area (Å²) in [5, 5.41) is 3.20. The summed E-state index contributed by atoms with van der Waals surface area (Å²) < 4.78 is 25.8. The Morgan fingerprint density at radius 3 is 2.67 bits per heavy atom. The van der Waals surface area contributed by atoms with E-state index in [9.17, 15) is 8.42 Å². The van der Waals surface area contributed by atoms with Crippen molar-refractivity contribution in [2.75, 3.05) is 25.9 Å². The van der Waals surface area contributed by atoms with Gasteiger partial charge in [-0.3, -0.25) is 0 Å². The molecule has 0 aromatic heterocycles. The van der Waals surface area contributed by atoms with Crippen LogP contribution in [0.1, 0.15) is 12.0 Å². The average Bonchev–Trinajstić information content (AvgIpc) is 2.82. The smallest absolute Gasteiger partial charge is 0.214 e. The fraction of sp³-hybridized carbons (Fsp3) is 0.538. The monoisotopic (exact) mass is 268 g/mol. The highest BCUT2D eigenvalue weighted by molar-refractivity contribution is 7.89. The first-order valence-electron chi connectivity index (χ1n) is 6.26. The minimum atomic E-state index is -3.15. The molecule has 18 heavy (non-hydrogen) atoms. The molecule has 0 radical (unpaired) electrons. The van der Waals surface area contributed by atoms with E-state index in [1.54, 1.807) is 7.05 Å². The molecule has 4 nitrogen and oxygen atoms in total. The summed E-state index contributed by atoms with van der Waals surface area (Å²) >= 11 is 0. The second kappa shape index (κ2) is 5.82.